The molecule has 1 aromatic carbocycles. The Kier molecular flexibility index (Phi) is 5.92. The molecular weight excluding hydrogens is 312 g/mol. The fourth-order valence-electron chi connectivity index (χ4n) is 3.39. The first-order valence-corrected chi connectivity index (χ1v) is 8.93. The van der Waals surface area contributed by atoms with Gasteiger partial charge in [-0.2, -0.15) is 0 Å². The van der Waals surface area contributed by atoms with Gasteiger partial charge in [0.2, 0.25) is 5.91 Å². The highest BCUT2D eigenvalue weighted by Gasteiger charge is 2.27. The third-order valence-electron chi connectivity index (χ3n) is 4.73. The first-order valence-electron chi connectivity index (χ1n) is 8.56. The van der Waals surface area contributed by atoms with E-state index in [2.05, 4.69) is 17.0 Å². The summed E-state index contributed by atoms with van der Waals surface area (Å²) in [6, 6.07) is 8.03. The highest BCUT2D eigenvalue weighted by atomic mass is 35.5. The molecule has 2 heterocycles. The molecule has 0 unspecified atom stereocenters. The Balaban J connectivity index is 1.52. The van der Waals surface area contributed by atoms with Crippen molar-refractivity contribution in [2.45, 2.75) is 25.8 Å². The molecule has 2 aliphatic rings. The molecule has 0 N–H and O–H groups in total. The molecule has 3 rings (SSSR count). The summed E-state index contributed by atoms with van der Waals surface area (Å²) in [6.45, 7) is 5.99. The van der Waals surface area contributed by atoms with Gasteiger partial charge >= 0.3 is 0 Å². The quantitative estimate of drug-likeness (QED) is 0.851. The maximum atomic E-state index is 12.6. The number of benzene rings is 1. The molecule has 2 fully saturated rings. The van der Waals surface area contributed by atoms with Gasteiger partial charge in [-0.15, -0.1) is 0 Å². The van der Waals surface area contributed by atoms with Crippen LogP contribution in [-0.2, 0) is 16.1 Å². The van der Waals surface area contributed by atoms with Crippen LogP contribution in [0.1, 0.15) is 24.8 Å². The van der Waals surface area contributed by atoms with Crippen molar-refractivity contribution in [1.29, 1.82) is 0 Å². The lowest BCUT2D eigenvalue weighted by Crippen LogP contribution is -2.41. The summed E-state index contributed by atoms with van der Waals surface area (Å²) in [5.74, 6) is 0.365. The van der Waals surface area contributed by atoms with Crippen LogP contribution in [0.5, 0.6) is 0 Å². The lowest BCUT2D eigenvalue weighted by molar-refractivity contribution is -0.139. The van der Waals surface area contributed by atoms with Gasteiger partial charge in [-0.1, -0.05) is 23.7 Å². The average molecular weight is 337 g/mol. The van der Waals surface area contributed by atoms with E-state index in [9.17, 15) is 4.79 Å². The Bertz CT molecular complexity index is 514. The van der Waals surface area contributed by atoms with E-state index in [-0.39, 0.29) is 11.8 Å². The van der Waals surface area contributed by atoms with Gasteiger partial charge in [0.1, 0.15) is 0 Å². The lowest BCUT2D eigenvalue weighted by atomic mass is 10.0. The molecule has 5 heteroatoms. The number of nitrogens with zero attached hydrogens (tertiary/aromatic N) is 2. The Hall–Kier alpha value is -1.10. The van der Waals surface area contributed by atoms with Crippen molar-refractivity contribution in [1.82, 2.24) is 9.80 Å². The topological polar surface area (TPSA) is 32.8 Å². The average Bonchev–Trinajstić information content (AvgIpc) is 2.83. The van der Waals surface area contributed by atoms with E-state index in [1.807, 2.05) is 17.0 Å². The van der Waals surface area contributed by atoms with E-state index in [0.29, 0.717) is 6.61 Å². The zero-order valence-electron chi connectivity index (χ0n) is 13.5. The fourth-order valence-corrected chi connectivity index (χ4v) is 3.52. The predicted octanol–water partition coefficient (Wildman–Crippen LogP) is 2.80. The van der Waals surface area contributed by atoms with Crippen molar-refractivity contribution in [3.8, 4) is 0 Å². The van der Waals surface area contributed by atoms with Crippen molar-refractivity contribution in [3.05, 3.63) is 34.9 Å². The molecule has 126 valence electrons. The molecule has 4 nitrogen and oxygen atoms in total. The fraction of sp³-hybridized carbons (Fsp3) is 0.611. The summed E-state index contributed by atoms with van der Waals surface area (Å²) in [5.41, 5.74) is 1.27. The Morgan fingerprint density at radius 1 is 1.13 bits per heavy atom. The number of amides is 1. The third kappa shape index (κ3) is 4.69. The van der Waals surface area contributed by atoms with E-state index in [4.69, 9.17) is 16.3 Å². The van der Waals surface area contributed by atoms with Crippen LogP contribution in [0.4, 0.5) is 0 Å². The van der Waals surface area contributed by atoms with E-state index >= 15 is 0 Å². The molecule has 0 spiro atoms. The molecule has 1 atom stereocenters. The van der Waals surface area contributed by atoms with Crippen LogP contribution in [0, 0.1) is 5.92 Å². The minimum absolute atomic E-state index is 0.0755. The number of rotatable bonds is 3. The van der Waals surface area contributed by atoms with Crippen molar-refractivity contribution in [3.63, 3.8) is 0 Å². The minimum Gasteiger partial charge on any atom is -0.381 e. The van der Waals surface area contributed by atoms with E-state index in [1.165, 1.54) is 5.56 Å². The minimum atomic E-state index is 0.0755. The number of ether oxygens (including phenoxy) is 1. The van der Waals surface area contributed by atoms with Crippen molar-refractivity contribution in [2.75, 3.05) is 39.4 Å². The Morgan fingerprint density at radius 2 is 1.96 bits per heavy atom. The van der Waals surface area contributed by atoms with Gasteiger partial charge in [-0.25, -0.2) is 0 Å². The van der Waals surface area contributed by atoms with Crippen LogP contribution in [0.2, 0.25) is 5.02 Å². The van der Waals surface area contributed by atoms with Crippen LogP contribution < -0.4 is 0 Å². The molecule has 2 aliphatic heterocycles. The van der Waals surface area contributed by atoms with Gasteiger partial charge in [-0.3, -0.25) is 9.69 Å². The van der Waals surface area contributed by atoms with Crippen molar-refractivity contribution >= 4 is 17.5 Å². The molecule has 0 bridgehead atoms. The number of halogens is 1. The molecular formula is C18H25ClN2O2. The molecule has 1 amide bonds. The third-order valence-corrected chi connectivity index (χ3v) is 4.98. The van der Waals surface area contributed by atoms with Gasteiger partial charge in [0, 0.05) is 44.4 Å². The second kappa shape index (κ2) is 8.13. The first kappa shape index (κ1) is 16.7. The molecule has 0 saturated carbocycles. The summed E-state index contributed by atoms with van der Waals surface area (Å²) in [5, 5.41) is 0.774. The molecule has 0 radical (unpaired) electrons. The zero-order chi connectivity index (χ0) is 16.1. The van der Waals surface area contributed by atoms with Crippen LogP contribution >= 0.6 is 11.6 Å². The summed E-state index contributed by atoms with van der Waals surface area (Å²) in [7, 11) is 0. The second-order valence-electron chi connectivity index (χ2n) is 6.50. The van der Waals surface area contributed by atoms with Crippen LogP contribution in [-0.4, -0.2) is 55.1 Å². The molecule has 0 aromatic heterocycles. The van der Waals surface area contributed by atoms with Gasteiger partial charge in [0.15, 0.2) is 0 Å². The number of carbonyl (C=O) groups is 1. The molecule has 0 aliphatic carbocycles. The normalized spacial score (nSPS) is 23.5. The standard InChI is InChI=1S/C18H25ClN2O2/c19-17-6-4-15(5-7-17)13-20-8-2-9-21(11-10-20)18(22)16-3-1-12-23-14-16/h4-7,16H,1-3,8-14H2/t16-/m0/s1. The largest absolute Gasteiger partial charge is 0.381 e. The van der Waals surface area contributed by atoms with Gasteiger partial charge < -0.3 is 9.64 Å². The first-order chi connectivity index (χ1) is 11.2. The van der Waals surface area contributed by atoms with E-state index in [1.54, 1.807) is 0 Å². The maximum Gasteiger partial charge on any atom is 0.228 e. The summed E-state index contributed by atoms with van der Waals surface area (Å²) >= 11 is 5.94. The van der Waals surface area contributed by atoms with Crippen molar-refractivity contribution < 1.29 is 9.53 Å². The second-order valence-corrected chi connectivity index (χ2v) is 6.93. The number of hydrogen-bond acceptors (Lipinski definition) is 3. The van der Waals surface area contributed by atoms with Gasteiger partial charge in [0.05, 0.1) is 12.5 Å². The summed E-state index contributed by atoms with van der Waals surface area (Å²) < 4.78 is 5.47. The predicted molar refractivity (Wildman–Crippen MR) is 91.5 cm³/mol. The Morgan fingerprint density at radius 3 is 2.70 bits per heavy atom. The maximum absolute atomic E-state index is 12.6. The lowest BCUT2D eigenvalue weighted by Gasteiger charge is -2.28. The van der Waals surface area contributed by atoms with Gasteiger partial charge in [0.25, 0.3) is 0 Å². The monoisotopic (exact) mass is 336 g/mol. The SMILES string of the molecule is O=C([C@H]1CCCOC1)N1CCCN(Cc2ccc(Cl)cc2)CC1. The summed E-state index contributed by atoms with van der Waals surface area (Å²) in [6.07, 6.45) is 3.02. The molecule has 23 heavy (non-hydrogen) atoms. The highest BCUT2D eigenvalue weighted by Crippen LogP contribution is 2.18. The van der Waals surface area contributed by atoms with Gasteiger partial charge in [-0.05, 0) is 37.0 Å². The molecule has 2 saturated heterocycles. The zero-order valence-corrected chi connectivity index (χ0v) is 14.3. The highest BCUT2D eigenvalue weighted by molar-refractivity contribution is 6.30. The number of carbonyl (C=O) groups excluding carboxylic acids is 1. The number of hydrogen-bond donors (Lipinski definition) is 0. The van der Waals surface area contributed by atoms with E-state index in [0.717, 1.165) is 63.6 Å². The smallest absolute Gasteiger partial charge is 0.228 e. The van der Waals surface area contributed by atoms with Crippen LogP contribution in [0.15, 0.2) is 24.3 Å². The van der Waals surface area contributed by atoms with E-state index < -0.39 is 0 Å². The van der Waals surface area contributed by atoms with Crippen molar-refractivity contribution in [2.24, 2.45) is 5.92 Å². The van der Waals surface area contributed by atoms with Crippen LogP contribution in [0.3, 0.4) is 0 Å². The molecule has 1 aromatic rings. The van der Waals surface area contributed by atoms with Crippen LogP contribution in [0.25, 0.3) is 0 Å². The summed E-state index contributed by atoms with van der Waals surface area (Å²) in [4.78, 5) is 17.1. The Labute approximate surface area is 143 Å².